The fourth-order valence-electron chi connectivity index (χ4n) is 2.72. The lowest BCUT2D eigenvalue weighted by Crippen LogP contribution is -2.14. The number of nitrogens with zero attached hydrogens (tertiary/aromatic N) is 5. The van der Waals surface area contributed by atoms with Crippen LogP contribution in [0.2, 0.25) is 5.02 Å². The molecule has 1 amide bonds. The topological polar surface area (TPSA) is 98.7 Å². The van der Waals surface area contributed by atoms with Crippen LogP contribution >= 0.6 is 23.4 Å². The maximum absolute atomic E-state index is 12.2. The third-order valence-corrected chi connectivity index (χ3v) is 5.36. The molecule has 0 unspecified atom stereocenters. The summed E-state index contributed by atoms with van der Waals surface area (Å²) in [4.78, 5) is 16.7. The van der Waals surface area contributed by atoms with E-state index in [1.807, 2.05) is 41.8 Å². The van der Waals surface area contributed by atoms with Crippen molar-refractivity contribution in [3.63, 3.8) is 0 Å². The Morgan fingerprint density at radius 2 is 1.90 bits per heavy atom. The molecule has 4 rings (SSSR count). The Kier molecular flexibility index (Phi) is 6.10. The molecule has 0 atom stereocenters. The molecule has 30 heavy (non-hydrogen) atoms. The normalized spacial score (nSPS) is 10.9. The van der Waals surface area contributed by atoms with E-state index >= 15 is 0 Å². The summed E-state index contributed by atoms with van der Waals surface area (Å²) in [5, 5.41) is 16.4. The molecule has 8 nitrogen and oxygen atoms in total. The van der Waals surface area contributed by atoms with Crippen molar-refractivity contribution in [2.75, 3.05) is 11.1 Å². The zero-order valence-electron chi connectivity index (χ0n) is 15.9. The summed E-state index contributed by atoms with van der Waals surface area (Å²) in [5.41, 5.74) is 1.53. The molecule has 4 aromatic rings. The zero-order valence-corrected chi connectivity index (χ0v) is 17.5. The molecular formula is C20H17ClN6O2S. The van der Waals surface area contributed by atoms with Crippen molar-refractivity contribution in [3.8, 4) is 23.1 Å². The first kappa shape index (κ1) is 20.1. The molecule has 1 N–H and O–H groups in total. The fraction of sp³-hybridized carbons (Fsp3) is 0.150. The molecular weight excluding hydrogens is 424 g/mol. The summed E-state index contributed by atoms with van der Waals surface area (Å²) in [6, 6.07) is 16.5. The molecule has 0 fully saturated rings. The highest BCUT2D eigenvalue weighted by molar-refractivity contribution is 7.99. The first-order valence-corrected chi connectivity index (χ1v) is 10.5. The van der Waals surface area contributed by atoms with E-state index in [0.29, 0.717) is 34.1 Å². The fourth-order valence-corrected chi connectivity index (χ4v) is 3.65. The molecule has 0 radical (unpaired) electrons. The van der Waals surface area contributed by atoms with Gasteiger partial charge in [-0.05, 0) is 31.2 Å². The van der Waals surface area contributed by atoms with E-state index in [1.165, 1.54) is 11.8 Å². The van der Waals surface area contributed by atoms with Gasteiger partial charge in [-0.1, -0.05) is 58.9 Å². The second-order valence-electron chi connectivity index (χ2n) is 6.18. The van der Waals surface area contributed by atoms with Crippen LogP contribution in [0.3, 0.4) is 0 Å². The molecule has 0 saturated heterocycles. The Morgan fingerprint density at radius 1 is 1.13 bits per heavy atom. The standard InChI is InChI=1S/C20H17ClN6O2S/c1-2-27-18(19-23-17(26-29-19)13-6-4-3-5-7-13)24-25-20(27)30-12-16(28)22-15-10-8-14(21)9-11-15/h3-11H,2,12H2,1H3,(H,22,28). The van der Waals surface area contributed by atoms with Crippen LogP contribution in [0.5, 0.6) is 0 Å². The van der Waals surface area contributed by atoms with Crippen LogP contribution in [0.15, 0.2) is 64.3 Å². The van der Waals surface area contributed by atoms with E-state index in [4.69, 9.17) is 16.1 Å². The van der Waals surface area contributed by atoms with Gasteiger partial charge in [-0.15, -0.1) is 10.2 Å². The van der Waals surface area contributed by atoms with Gasteiger partial charge in [0.1, 0.15) is 0 Å². The molecule has 10 heteroatoms. The highest BCUT2D eigenvalue weighted by Crippen LogP contribution is 2.25. The molecule has 0 aliphatic heterocycles. The van der Waals surface area contributed by atoms with E-state index in [9.17, 15) is 4.79 Å². The van der Waals surface area contributed by atoms with E-state index < -0.39 is 0 Å². The number of nitrogens with one attached hydrogen (secondary N) is 1. The van der Waals surface area contributed by atoms with Crippen LogP contribution in [-0.2, 0) is 11.3 Å². The van der Waals surface area contributed by atoms with Crippen molar-refractivity contribution >= 4 is 35.0 Å². The van der Waals surface area contributed by atoms with E-state index in [2.05, 4.69) is 25.7 Å². The number of halogens is 1. The SMILES string of the molecule is CCn1c(SCC(=O)Nc2ccc(Cl)cc2)nnc1-c1nc(-c2ccccc2)no1. The zero-order chi connectivity index (χ0) is 20.9. The Bertz CT molecular complexity index is 1140. The molecule has 0 aliphatic rings. The van der Waals surface area contributed by atoms with Gasteiger partial charge in [0, 0.05) is 22.8 Å². The third-order valence-electron chi connectivity index (χ3n) is 4.14. The lowest BCUT2D eigenvalue weighted by atomic mass is 10.2. The molecule has 152 valence electrons. The molecule has 0 aliphatic carbocycles. The third kappa shape index (κ3) is 4.52. The van der Waals surface area contributed by atoms with Crippen LogP contribution in [0.1, 0.15) is 6.92 Å². The van der Waals surface area contributed by atoms with Crippen LogP contribution in [-0.4, -0.2) is 36.6 Å². The summed E-state index contributed by atoms with van der Waals surface area (Å²) in [6.07, 6.45) is 0. The number of anilines is 1. The minimum atomic E-state index is -0.154. The first-order chi connectivity index (χ1) is 14.6. The van der Waals surface area contributed by atoms with Gasteiger partial charge in [0.15, 0.2) is 5.16 Å². The summed E-state index contributed by atoms with van der Waals surface area (Å²) in [5.74, 6) is 1.25. The lowest BCUT2D eigenvalue weighted by molar-refractivity contribution is -0.113. The highest BCUT2D eigenvalue weighted by Gasteiger charge is 2.20. The van der Waals surface area contributed by atoms with Gasteiger partial charge >= 0.3 is 0 Å². The first-order valence-electron chi connectivity index (χ1n) is 9.15. The maximum Gasteiger partial charge on any atom is 0.296 e. The summed E-state index contributed by atoms with van der Waals surface area (Å²) >= 11 is 7.14. The van der Waals surface area contributed by atoms with Crippen molar-refractivity contribution in [1.29, 1.82) is 0 Å². The van der Waals surface area contributed by atoms with Gasteiger partial charge in [0.25, 0.3) is 5.89 Å². The Balaban J connectivity index is 1.45. The molecule has 2 aromatic heterocycles. The molecule has 0 bridgehead atoms. The number of rotatable bonds is 7. The average Bonchev–Trinajstić information content (AvgIpc) is 3.41. The number of carbonyl (C=O) groups excluding carboxylic acids is 1. The number of amides is 1. The number of benzene rings is 2. The average molecular weight is 441 g/mol. The number of hydrogen-bond donors (Lipinski definition) is 1. The highest BCUT2D eigenvalue weighted by atomic mass is 35.5. The van der Waals surface area contributed by atoms with Crippen LogP contribution in [0, 0.1) is 0 Å². The minimum absolute atomic E-state index is 0.154. The van der Waals surface area contributed by atoms with Crippen molar-refractivity contribution in [2.24, 2.45) is 0 Å². The molecule has 0 saturated carbocycles. The quantitative estimate of drug-likeness (QED) is 0.425. The van der Waals surface area contributed by atoms with Crippen LogP contribution in [0.25, 0.3) is 23.1 Å². The molecule has 0 spiro atoms. The Hall–Kier alpha value is -3.17. The second-order valence-corrected chi connectivity index (χ2v) is 7.56. The largest absolute Gasteiger partial charge is 0.330 e. The molecule has 2 heterocycles. The van der Waals surface area contributed by atoms with Gasteiger partial charge in [-0.25, -0.2) is 0 Å². The maximum atomic E-state index is 12.2. The number of thioether (sulfide) groups is 1. The summed E-state index contributed by atoms with van der Waals surface area (Å²) in [7, 11) is 0. The van der Waals surface area contributed by atoms with Gasteiger partial charge in [-0.2, -0.15) is 4.98 Å². The number of hydrogen-bond acceptors (Lipinski definition) is 7. The predicted molar refractivity (Wildman–Crippen MR) is 115 cm³/mol. The van der Waals surface area contributed by atoms with E-state index in [-0.39, 0.29) is 17.6 Å². The van der Waals surface area contributed by atoms with Gasteiger partial charge < -0.3 is 9.84 Å². The summed E-state index contributed by atoms with van der Waals surface area (Å²) in [6.45, 7) is 2.55. The van der Waals surface area contributed by atoms with E-state index in [0.717, 1.165) is 5.56 Å². The van der Waals surface area contributed by atoms with Crippen molar-refractivity contribution in [2.45, 2.75) is 18.6 Å². The minimum Gasteiger partial charge on any atom is -0.330 e. The van der Waals surface area contributed by atoms with Crippen molar-refractivity contribution in [1.82, 2.24) is 24.9 Å². The molecule has 2 aromatic carbocycles. The predicted octanol–water partition coefficient (Wildman–Crippen LogP) is 4.40. The number of aromatic nitrogens is 5. The van der Waals surface area contributed by atoms with Crippen molar-refractivity contribution < 1.29 is 9.32 Å². The van der Waals surface area contributed by atoms with Crippen molar-refractivity contribution in [3.05, 3.63) is 59.6 Å². The van der Waals surface area contributed by atoms with Gasteiger partial charge in [0.2, 0.25) is 17.6 Å². The smallest absolute Gasteiger partial charge is 0.296 e. The summed E-state index contributed by atoms with van der Waals surface area (Å²) < 4.78 is 7.23. The Labute approximate surface area is 181 Å². The monoisotopic (exact) mass is 440 g/mol. The Morgan fingerprint density at radius 3 is 2.63 bits per heavy atom. The van der Waals surface area contributed by atoms with E-state index in [1.54, 1.807) is 24.3 Å². The van der Waals surface area contributed by atoms with Crippen LogP contribution in [0.4, 0.5) is 5.69 Å². The van der Waals surface area contributed by atoms with Gasteiger partial charge in [0.05, 0.1) is 5.75 Å². The van der Waals surface area contributed by atoms with Gasteiger partial charge in [-0.3, -0.25) is 9.36 Å². The second kappa shape index (κ2) is 9.10. The van der Waals surface area contributed by atoms with Crippen LogP contribution < -0.4 is 5.32 Å². The lowest BCUT2D eigenvalue weighted by Gasteiger charge is -2.06. The number of carbonyl (C=O) groups is 1.